The second kappa shape index (κ2) is 11.4. The van der Waals surface area contributed by atoms with E-state index in [2.05, 4.69) is 5.32 Å². The van der Waals surface area contributed by atoms with E-state index in [1.54, 1.807) is 20.8 Å². The number of Topliss-reactive ketones (excluding diaryl/α,β-unsaturated/α-hetero) is 1. The van der Waals surface area contributed by atoms with Crippen molar-refractivity contribution in [3.8, 4) is 11.1 Å². The number of anilines is 2. The Morgan fingerprint density at radius 3 is 1.47 bits per heavy atom. The molecule has 0 atom stereocenters. The van der Waals surface area contributed by atoms with Crippen LogP contribution in [0.25, 0.3) is 11.1 Å². The summed E-state index contributed by atoms with van der Waals surface area (Å²) in [6.07, 6.45) is -10.2. The van der Waals surface area contributed by atoms with Crippen molar-refractivity contribution in [2.75, 3.05) is 10.6 Å². The molecule has 0 heterocycles. The largest absolute Gasteiger partial charge is 0.478 e. The van der Waals surface area contributed by atoms with Crippen molar-refractivity contribution < 1.29 is 55.7 Å². The Bertz CT molecular complexity index is 1640. The molecule has 0 saturated heterocycles. The highest BCUT2D eigenvalue weighted by atomic mass is 19.4. The molecule has 0 bridgehead atoms. The fourth-order valence-electron chi connectivity index (χ4n) is 4.25. The van der Waals surface area contributed by atoms with E-state index < -0.39 is 91.7 Å². The minimum atomic E-state index is -5.20. The highest BCUT2D eigenvalue weighted by molar-refractivity contribution is 6.15. The minimum absolute atomic E-state index is 0.0223. The number of carbonyl (C=O) groups is 4. The normalized spacial score (nSPS) is 12.0. The van der Waals surface area contributed by atoms with Gasteiger partial charge in [0.05, 0.1) is 27.8 Å². The van der Waals surface area contributed by atoms with Gasteiger partial charge in [-0.05, 0) is 75.2 Å². The molecule has 0 fully saturated rings. The number of benzene rings is 3. The first-order chi connectivity index (χ1) is 19.6. The average molecular weight is 611 g/mol. The maximum absolute atomic E-state index is 14.2. The highest BCUT2D eigenvalue weighted by Crippen LogP contribution is 2.44. The molecule has 14 heteroatoms. The van der Waals surface area contributed by atoms with Crippen LogP contribution in [0.3, 0.4) is 0 Å². The molecule has 43 heavy (non-hydrogen) atoms. The van der Waals surface area contributed by atoms with Gasteiger partial charge >= 0.3 is 24.3 Å². The summed E-state index contributed by atoms with van der Waals surface area (Å²) in [5, 5.41) is 23.7. The Kier molecular flexibility index (Phi) is 8.67. The third-order valence-electron chi connectivity index (χ3n) is 5.96. The van der Waals surface area contributed by atoms with Crippen LogP contribution in [0.5, 0.6) is 0 Å². The Balaban J connectivity index is 2.15. The van der Waals surface area contributed by atoms with Crippen molar-refractivity contribution in [1.82, 2.24) is 0 Å². The van der Waals surface area contributed by atoms with Gasteiger partial charge in [-0.1, -0.05) is 12.1 Å². The molecule has 4 N–H and O–H groups in total. The van der Waals surface area contributed by atoms with Gasteiger partial charge in [0.15, 0.2) is 5.78 Å². The number of alkyl halides is 6. The monoisotopic (exact) mass is 610 g/mol. The lowest BCUT2D eigenvalue weighted by Gasteiger charge is -2.24. The number of amides is 1. The number of carbonyl (C=O) groups excluding carboxylic acids is 2. The molecule has 0 aromatic heterocycles. The Hall–Kier alpha value is -4.88. The van der Waals surface area contributed by atoms with Gasteiger partial charge in [-0.25, -0.2) is 9.59 Å². The second-order valence-corrected chi connectivity index (χ2v) is 10.5. The molecule has 0 unspecified atom stereocenters. The zero-order valence-electron chi connectivity index (χ0n) is 22.9. The average Bonchev–Trinajstić information content (AvgIpc) is 2.85. The van der Waals surface area contributed by atoms with Gasteiger partial charge in [0.25, 0.3) is 5.91 Å². The molecular formula is C29H24F6N2O6. The van der Waals surface area contributed by atoms with Crippen LogP contribution in [-0.2, 0) is 12.4 Å². The summed E-state index contributed by atoms with van der Waals surface area (Å²) in [6.45, 7) is 6.01. The fourth-order valence-corrected chi connectivity index (χ4v) is 4.25. The number of hydrogen-bond donors (Lipinski definition) is 4. The lowest BCUT2D eigenvalue weighted by Crippen LogP contribution is -2.26. The van der Waals surface area contributed by atoms with Gasteiger partial charge < -0.3 is 20.8 Å². The van der Waals surface area contributed by atoms with Crippen LogP contribution in [0.4, 0.5) is 37.7 Å². The summed E-state index contributed by atoms with van der Waals surface area (Å²) in [7, 11) is 0. The lowest BCUT2D eigenvalue weighted by atomic mass is 9.93. The zero-order chi connectivity index (χ0) is 32.7. The van der Waals surface area contributed by atoms with E-state index in [1.807, 2.05) is 5.32 Å². The predicted octanol–water partition coefficient (Wildman–Crippen LogP) is 7.45. The van der Waals surface area contributed by atoms with E-state index in [0.29, 0.717) is 24.3 Å². The van der Waals surface area contributed by atoms with Gasteiger partial charge in [-0.3, -0.25) is 9.59 Å². The van der Waals surface area contributed by atoms with E-state index >= 15 is 0 Å². The molecule has 3 aromatic rings. The molecule has 0 aliphatic carbocycles. The van der Waals surface area contributed by atoms with E-state index in [1.165, 1.54) is 6.07 Å². The smallest absolute Gasteiger partial charge is 0.417 e. The summed E-state index contributed by atoms with van der Waals surface area (Å²) < 4.78 is 84.5. The number of rotatable bonds is 7. The Morgan fingerprint density at radius 2 is 1.05 bits per heavy atom. The maximum atomic E-state index is 14.2. The first-order valence-corrected chi connectivity index (χ1v) is 12.3. The van der Waals surface area contributed by atoms with Crippen molar-refractivity contribution in [3.63, 3.8) is 0 Å². The molecule has 1 amide bonds. The number of carboxylic acids is 2. The summed E-state index contributed by atoms with van der Waals surface area (Å²) in [6, 6.07) is 6.04. The number of halogens is 6. The molecule has 0 aliphatic heterocycles. The lowest BCUT2D eigenvalue weighted by molar-refractivity contribution is -0.139. The van der Waals surface area contributed by atoms with Gasteiger partial charge in [0, 0.05) is 22.5 Å². The standard InChI is InChI=1S/C29H24F6N2O6/c1-13(38)18-11-19(21(26(42)43)12-20(18)25(40)41)24(39)36-14-5-7-16(22(9-14)28(30,31)32)17-8-6-15(37-27(2,3)4)10-23(17)29(33,34)35/h5-12,37H,1-4H3,(H,36,39)(H,40,41)(H,42,43). The minimum Gasteiger partial charge on any atom is -0.478 e. The number of carboxylic acid groups (broad SMARTS) is 2. The summed E-state index contributed by atoms with van der Waals surface area (Å²) in [4.78, 5) is 48.2. The molecule has 0 saturated carbocycles. The van der Waals surface area contributed by atoms with Gasteiger partial charge in [-0.2, -0.15) is 26.3 Å². The van der Waals surface area contributed by atoms with Crippen molar-refractivity contribution in [1.29, 1.82) is 0 Å². The molecule has 0 aliphatic rings. The summed E-state index contributed by atoms with van der Waals surface area (Å²) >= 11 is 0. The third-order valence-corrected chi connectivity index (χ3v) is 5.96. The second-order valence-electron chi connectivity index (χ2n) is 10.5. The zero-order valence-corrected chi connectivity index (χ0v) is 22.9. The topological polar surface area (TPSA) is 133 Å². The molecule has 228 valence electrons. The van der Waals surface area contributed by atoms with Gasteiger partial charge in [0.2, 0.25) is 0 Å². The molecule has 3 aromatic carbocycles. The maximum Gasteiger partial charge on any atom is 0.417 e. The first-order valence-electron chi connectivity index (χ1n) is 12.3. The van der Waals surface area contributed by atoms with Crippen LogP contribution in [0.1, 0.15) is 80.3 Å². The van der Waals surface area contributed by atoms with E-state index in [-0.39, 0.29) is 5.69 Å². The van der Waals surface area contributed by atoms with Crippen LogP contribution in [0.15, 0.2) is 48.5 Å². The van der Waals surface area contributed by atoms with Crippen LogP contribution in [0, 0.1) is 0 Å². The van der Waals surface area contributed by atoms with Crippen LogP contribution >= 0.6 is 0 Å². The van der Waals surface area contributed by atoms with Gasteiger partial charge in [0.1, 0.15) is 0 Å². The van der Waals surface area contributed by atoms with Crippen molar-refractivity contribution in [3.05, 3.63) is 81.9 Å². The molecule has 0 spiro atoms. The van der Waals surface area contributed by atoms with Crippen LogP contribution < -0.4 is 10.6 Å². The van der Waals surface area contributed by atoms with Crippen molar-refractivity contribution in [2.24, 2.45) is 0 Å². The number of nitrogens with one attached hydrogen (secondary N) is 2. The Morgan fingerprint density at radius 1 is 0.628 bits per heavy atom. The highest BCUT2D eigenvalue weighted by Gasteiger charge is 2.39. The predicted molar refractivity (Wildman–Crippen MR) is 144 cm³/mol. The van der Waals surface area contributed by atoms with Crippen molar-refractivity contribution >= 4 is 35.0 Å². The van der Waals surface area contributed by atoms with Gasteiger partial charge in [-0.15, -0.1) is 0 Å². The van der Waals surface area contributed by atoms with Crippen molar-refractivity contribution in [2.45, 2.75) is 45.6 Å². The van der Waals surface area contributed by atoms with Crippen LogP contribution in [0.2, 0.25) is 0 Å². The molecule has 8 nitrogen and oxygen atoms in total. The number of aromatic carboxylic acids is 2. The van der Waals surface area contributed by atoms with Crippen LogP contribution in [-0.4, -0.2) is 39.4 Å². The first kappa shape index (κ1) is 32.6. The SMILES string of the molecule is CC(=O)c1cc(C(=O)Nc2ccc(-c3ccc(NC(C)(C)C)cc3C(F)(F)F)c(C(F)(F)F)c2)c(C(=O)O)cc1C(=O)O. The quantitative estimate of drug-likeness (QED) is 0.161. The van der Waals surface area contributed by atoms with E-state index in [0.717, 1.165) is 25.1 Å². The van der Waals surface area contributed by atoms with E-state index in [9.17, 15) is 55.7 Å². The third kappa shape index (κ3) is 7.50. The molecule has 3 rings (SSSR count). The molecular weight excluding hydrogens is 586 g/mol. The van der Waals surface area contributed by atoms with E-state index in [4.69, 9.17) is 0 Å². The molecule has 0 radical (unpaired) electrons. The summed E-state index contributed by atoms with van der Waals surface area (Å²) in [5.74, 6) is -5.58. The Labute approximate surface area is 240 Å². The fraction of sp³-hybridized carbons (Fsp3) is 0.241. The number of ketones is 1. The number of hydrogen-bond acceptors (Lipinski definition) is 5. The summed E-state index contributed by atoms with van der Waals surface area (Å²) in [5.41, 5.74) is -8.52.